The van der Waals surface area contributed by atoms with Crippen molar-refractivity contribution in [2.24, 2.45) is 0 Å². The number of phenols is 2. The first-order valence-corrected chi connectivity index (χ1v) is 7.41. The Hall–Kier alpha value is -1.75. The molecule has 5 nitrogen and oxygen atoms in total. The zero-order valence-corrected chi connectivity index (χ0v) is 12.2. The Morgan fingerprint density at radius 2 is 1.90 bits per heavy atom. The van der Waals surface area contributed by atoms with Crippen LogP contribution in [0.4, 0.5) is 0 Å². The van der Waals surface area contributed by atoms with Crippen molar-refractivity contribution in [3.05, 3.63) is 23.3 Å². The summed E-state index contributed by atoms with van der Waals surface area (Å²) in [5.41, 5.74) is 0.723. The van der Waals surface area contributed by atoms with Crippen LogP contribution in [0.2, 0.25) is 0 Å². The summed E-state index contributed by atoms with van der Waals surface area (Å²) in [6.07, 6.45) is 3.35. The third kappa shape index (κ3) is 4.11. The van der Waals surface area contributed by atoms with Crippen molar-refractivity contribution < 1.29 is 24.9 Å². The van der Waals surface area contributed by atoms with Crippen LogP contribution >= 0.6 is 0 Å². The fraction of sp³-hybridized carbons (Fsp3) is 0.562. The molecular formula is C16H22O5. The first kappa shape index (κ1) is 15.6. The zero-order valence-electron chi connectivity index (χ0n) is 12.2. The van der Waals surface area contributed by atoms with Crippen molar-refractivity contribution in [1.82, 2.24) is 0 Å². The van der Waals surface area contributed by atoms with Crippen molar-refractivity contribution in [1.29, 1.82) is 0 Å². The van der Waals surface area contributed by atoms with Gasteiger partial charge in [0.2, 0.25) is 0 Å². The first-order valence-electron chi connectivity index (χ1n) is 7.41. The Kier molecular flexibility index (Phi) is 5.07. The Balaban J connectivity index is 2.30. The first-order chi connectivity index (χ1) is 9.97. The molecule has 0 bridgehead atoms. The van der Waals surface area contributed by atoms with E-state index < -0.39 is 5.97 Å². The van der Waals surface area contributed by atoms with Gasteiger partial charge in [0, 0.05) is 6.07 Å². The van der Waals surface area contributed by atoms with Gasteiger partial charge >= 0.3 is 5.97 Å². The third-order valence-electron chi connectivity index (χ3n) is 3.84. The number of phenolic OH excluding ortho intramolecular Hbond substituents is 2. The number of rotatable bonds is 0. The maximum atomic E-state index is 12.2. The number of esters is 1. The summed E-state index contributed by atoms with van der Waals surface area (Å²) >= 11 is 0. The van der Waals surface area contributed by atoms with E-state index in [2.05, 4.69) is 0 Å². The van der Waals surface area contributed by atoms with Gasteiger partial charge in [-0.1, -0.05) is 6.42 Å². The number of hydrogen-bond donors (Lipinski definition) is 3. The summed E-state index contributed by atoms with van der Waals surface area (Å²) in [4.78, 5) is 12.2. The lowest BCUT2D eigenvalue weighted by molar-refractivity contribution is 0.0273. The molecule has 1 heterocycles. The SMILES string of the molecule is C[C@@H]1CC[C@@H](O)CCCCc2cc(O)cc(O)c2C(=O)O1. The molecule has 3 N–H and O–H groups in total. The summed E-state index contributed by atoms with van der Waals surface area (Å²) < 4.78 is 5.33. The van der Waals surface area contributed by atoms with E-state index in [1.54, 1.807) is 6.92 Å². The van der Waals surface area contributed by atoms with Gasteiger partial charge in [-0.05, 0) is 50.7 Å². The van der Waals surface area contributed by atoms with Crippen molar-refractivity contribution in [3.8, 4) is 11.5 Å². The van der Waals surface area contributed by atoms with Crippen molar-refractivity contribution in [2.75, 3.05) is 0 Å². The molecule has 21 heavy (non-hydrogen) atoms. The van der Waals surface area contributed by atoms with Crippen LogP contribution in [0.15, 0.2) is 12.1 Å². The standard InChI is InChI=1S/C16H22O5/c1-10-6-7-12(17)5-3-2-4-11-8-13(18)9-14(19)15(11)16(20)21-10/h8-10,12,17-19H,2-7H2,1H3/t10-,12+/m1/s1. The third-order valence-corrected chi connectivity index (χ3v) is 3.84. The van der Waals surface area contributed by atoms with E-state index in [1.165, 1.54) is 6.07 Å². The Labute approximate surface area is 124 Å². The lowest BCUT2D eigenvalue weighted by Crippen LogP contribution is -2.19. The monoisotopic (exact) mass is 294 g/mol. The van der Waals surface area contributed by atoms with Gasteiger partial charge in [0.05, 0.1) is 12.2 Å². The lowest BCUT2D eigenvalue weighted by atomic mass is 9.97. The molecule has 0 radical (unpaired) electrons. The normalized spacial score (nSPS) is 24.4. The van der Waals surface area contributed by atoms with Crippen LogP contribution in [0, 0.1) is 0 Å². The number of aromatic hydroxyl groups is 2. The lowest BCUT2D eigenvalue weighted by Gasteiger charge is -2.19. The molecule has 1 aliphatic rings. The number of aliphatic hydroxyl groups is 1. The van der Waals surface area contributed by atoms with Gasteiger partial charge in [-0.2, -0.15) is 0 Å². The molecule has 1 aromatic carbocycles. The largest absolute Gasteiger partial charge is 0.508 e. The molecular weight excluding hydrogens is 272 g/mol. The van der Waals surface area contributed by atoms with E-state index in [4.69, 9.17) is 4.74 Å². The number of aliphatic hydroxyl groups excluding tert-OH is 1. The fourth-order valence-corrected chi connectivity index (χ4v) is 2.67. The van der Waals surface area contributed by atoms with E-state index in [-0.39, 0.29) is 29.3 Å². The molecule has 2 rings (SSSR count). The molecule has 5 heteroatoms. The van der Waals surface area contributed by atoms with E-state index in [0.29, 0.717) is 31.2 Å². The van der Waals surface area contributed by atoms with Gasteiger partial charge in [0.15, 0.2) is 0 Å². The highest BCUT2D eigenvalue weighted by Gasteiger charge is 2.22. The van der Waals surface area contributed by atoms with Crippen LogP contribution in [0.1, 0.15) is 54.9 Å². The highest BCUT2D eigenvalue weighted by molar-refractivity contribution is 5.94. The van der Waals surface area contributed by atoms with Gasteiger partial charge in [-0.3, -0.25) is 0 Å². The molecule has 0 amide bonds. The molecule has 1 aliphatic heterocycles. The second-order valence-electron chi connectivity index (χ2n) is 5.69. The summed E-state index contributed by atoms with van der Waals surface area (Å²) in [7, 11) is 0. The van der Waals surface area contributed by atoms with Crippen LogP contribution in [0.5, 0.6) is 11.5 Å². The van der Waals surface area contributed by atoms with E-state index in [0.717, 1.165) is 18.9 Å². The molecule has 116 valence electrons. The van der Waals surface area contributed by atoms with Gasteiger partial charge < -0.3 is 20.1 Å². The Bertz CT molecular complexity index is 512. The molecule has 0 spiro atoms. The number of carbonyl (C=O) groups is 1. The van der Waals surface area contributed by atoms with Crippen LogP contribution in [-0.4, -0.2) is 33.5 Å². The number of cyclic esters (lactones) is 1. The van der Waals surface area contributed by atoms with Crippen LogP contribution in [-0.2, 0) is 11.2 Å². The average molecular weight is 294 g/mol. The maximum Gasteiger partial charge on any atom is 0.342 e. The van der Waals surface area contributed by atoms with Crippen LogP contribution < -0.4 is 0 Å². The van der Waals surface area contributed by atoms with Crippen LogP contribution in [0.25, 0.3) is 0 Å². The highest BCUT2D eigenvalue weighted by atomic mass is 16.5. The highest BCUT2D eigenvalue weighted by Crippen LogP contribution is 2.30. The van der Waals surface area contributed by atoms with Crippen molar-refractivity contribution in [3.63, 3.8) is 0 Å². The van der Waals surface area contributed by atoms with Gasteiger partial charge in [0.1, 0.15) is 17.1 Å². The van der Waals surface area contributed by atoms with Crippen LogP contribution in [0.3, 0.4) is 0 Å². The molecule has 0 aliphatic carbocycles. The Morgan fingerprint density at radius 3 is 2.67 bits per heavy atom. The number of aryl methyl sites for hydroxylation is 1. The summed E-state index contributed by atoms with van der Waals surface area (Å²) in [5.74, 6) is -0.899. The number of carbonyl (C=O) groups excluding carboxylic acids is 1. The maximum absolute atomic E-state index is 12.2. The van der Waals surface area contributed by atoms with E-state index in [1.807, 2.05) is 0 Å². The number of hydrogen-bond acceptors (Lipinski definition) is 5. The molecule has 0 saturated heterocycles. The predicted octanol–water partition coefficient (Wildman–Crippen LogP) is 2.51. The van der Waals surface area contributed by atoms with Crippen molar-refractivity contribution in [2.45, 2.75) is 57.7 Å². The quantitative estimate of drug-likeness (QED) is 0.640. The molecule has 2 atom stereocenters. The second kappa shape index (κ2) is 6.80. The molecule has 0 fully saturated rings. The summed E-state index contributed by atoms with van der Waals surface area (Å²) in [6, 6.07) is 2.64. The van der Waals surface area contributed by atoms with Gasteiger partial charge in [-0.15, -0.1) is 0 Å². The smallest absolute Gasteiger partial charge is 0.342 e. The molecule has 1 aromatic rings. The van der Waals surface area contributed by atoms with E-state index >= 15 is 0 Å². The number of benzene rings is 1. The average Bonchev–Trinajstić information content (AvgIpc) is 2.39. The number of ether oxygens (including phenoxy) is 1. The molecule has 0 unspecified atom stereocenters. The predicted molar refractivity (Wildman–Crippen MR) is 77.4 cm³/mol. The van der Waals surface area contributed by atoms with Gasteiger partial charge in [0.25, 0.3) is 0 Å². The fourth-order valence-electron chi connectivity index (χ4n) is 2.67. The second-order valence-corrected chi connectivity index (χ2v) is 5.69. The van der Waals surface area contributed by atoms with E-state index in [9.17, 15) is 20.1 Å². The number of fused-ring (bicyclic) bond motifs is 1. The summed E-state index contributed by atoms with van der Waals surface area (Å²) in [5, 5.41) is 29.4. The minimum atomic E-state index is -0.579. The minimum absolute atomic E-state index is 0.0702. The minimum Gasteiger partial charge on any atom is -0.508 e. The van der Waals surface area contributed by atoms with Gasteiger partial charge in [-0.25, -0.2) is 4.79 Å². The summed E-state index contributed by atoms with van der Waals surface area (Å²) in [6.45, 7) is 1.77. The topological polar surface area (TPSA) is 87.0 Å². The Morgan fingerprint density at radius 1 is 1.14 bits per heavy atom. The molecule has 0 saturated carbocycles. The van der Waals surface area contributed by atoms with Crippen molar-refractivity contribution >= 4 is 5.97 Å². The zero-order chi connectivity index (χ0) is 15.4. The molecule has 0 aromatic heterocycles.